The number of carboxylic acids is 1. The third-order valence-electron chi connectivity index (χ3n) is 2.82. The van der Waals surface area contributed by atoms with Crippen LogP contribution in [0.3, 0.4) is 0 Å². The Hall–Kier alpha value is -2.44. The van der Waals surface area contributed by atoms with Crippen LogP contribution in [0.25, 0.3) is 5.69 Å². The number of hydrogen-bond donors (Lipinski definition) is 2. The number of carbonyl (C=O) groups is 1. The van der Waals surface area contributed by atoms with Gasteiger partial charge in [0.1, 0.15) is 0 Å². The van der Waals surface area contributed by atoms with Crippen molar-refractivity contribution >= 4 is 11.9 Å². The number of tetrazole rings is 1. The summed E-state index contributed by atoms with van der Waals surface area (Å²) in [5, 5.41) is 23.3. The molecule has 2 rings (SSSR count). The van der Waals surface area contributed by atoms with Gasteiger partial charge in [-0.25, -0.2) is 0 Å². The van der Waals surface area contributed by atoms with Gasteiger partial charge in [-0.05, 0) is 29.0 Å². The van der Waals surface area contributed by atoms with Gasteiger partial charge < -0.3 is 10.4 Å². The molecule has 0 aliphatic carbocycles. The van der Waals surface area contributed by atoms with Gasteiger partial charge in [-0.2, -0.15) is 4.68 Å². The Labute approximate surface area is 110 Å². The average Bonchev–Trinajstić information content (AvgIpc) is 2.88. The second kappa shape index (κ2) is 5.94. The van der Waals surface area contributed by atoms with Gasteiger partial charge in [0, 0.05) is 6.54 Å². The van der Waals surface area contributed by atoms with E-state index in [4.69, 9.17) is 5.11 Å². The number of aliphatic carboxylic acids is 1. The van der Waals surface area contributed by atoms with Crippen LogP contribution < -0.4 is 5.32 Å². The molecule has 1 aromatic heterocycles. The van der Waals surface area contributed by atoms with E-state index in [0.717, 1.165) is 5.69 Å². The van der Waals surface area contributed by atoms with Gasteiger partial charge >= 0.3 is 5.97 Å². The van der Waals surface area contributed by atoms with Gasteiger partial charge in [0.25, 0.3) is 0 Å². The fraction of sp³-hybridized carbons (Fsp3) is 0.333. The van der Waals surface area contributed by atoms with E-state index in [0.29, 0.717) is 18.9 Å². The van der Waals surface area contributed by atoms with E-state index in [9.17, 15) is 4.79 Å². The van der Waals surface area contributed by atoms with E-state index in [1.165, 1.54) is 4.68 Å². The largest absolute Gasteiger partial charge is 0.481 e. The third-order valence-corrected chi connectivity index (χ3v) is 2.82. The summed E-state index contributed by atoms with van der Waals surface area (Å²) >= 11 is 0. The summed E-state index contributed by atoms with van der Waals surface area (Å²) < 4.78 is 1.54. The highest BCUT2D eigenvalue weighted by Gasteiger charge is 2.16. The van der Waals surface area contributed by atoms with Crippen molar-refractivity contribution in [2.45, 2.75) is 13.3 Å². The van der Waals surface area contributed by atoms with Crippen LogP contribution in [0.4, 0.5) is 5.95 Å². The van der Waals surface area contributed by atoms with Crippen LogP contribution in [0.1, 0.15) is 13.3 Å². The summed E-state index contributed by atoms with van der Waals surface area (Å²) in [6, 6.07) is 9.41. The second-order valence-corrected chi connectivity index (χ2v) is 4.07. The third kappa shape index (κ3) is 3.06. The maximum Gasteiger partial charge on any atom is 0.308 e. The molecule has 0 spiro atoms. The lowest BCUT2D eigenvalue weighted by molar-refractivity contribution is -0.141. The quantitative estimate of drug-likeness (QED) is 0.811. The van der Waals surface area contributed by atoms with Crippen LogP contribution >= 0.6 is 0 Å². The minimum absolute atomic E-state index is 0.291. The molecule has 2 N–H and O–H groups in total. The van der Waals surface area contributed by atoms with E-state index in [1.807, 2.05) is 37.3 Å². The minimum Gasteiger partial charge on any atom is -0.481 e. The highest BCUT2D eigenvalue weighted by Crippen LogP contribution is 2.11. The topological polar surface area (TPSA) is 92.9 Å². The first-order valence-corrected chi connectivity index (χ1v) is 6.03. The Morgan fingerprint density at radius 3 is 2.79 bits per heavy atom. The molecule has 100 valence electrons. The lowest BCUT2D eigenvalue weighted by atomic mass is 10.1. The molecule has 1 unspecified atom stereocenters. The number of nitrogens with one attached hydrogen (secondary N) is 1. The van der Waals surface area contributed by atoms with Crippen molar-refractivity contribution in [1.82, 2.24) is 20.2 Å². The Bertz CT molecular complexity index is 540. The van der Waals surface area contributed by atoms with Crippen molar-refractivity contribution in [3.63, 3.8) is 0 Å². The number of carboxylic acid groups (broad SMARTS) is 1. The number of aromatic nitrogens is 4. The normalized spacial score (nSPS) is 12.1. The fourth-order valence-electron chi connectivity index (χ4n) is 1.66. The molecule has 0 saturated heterocycles. The number of nitrogens with zero attached hydrogens (tertiary/aromatic N) is 4. The first-order valence-electron chi connectivity index (χ1n) is 6.03. The zero-order chi connectivity index (χ0) is 13.7. The van der Waals surface area contributed by atoms with E-state index < -0.39 is 11.9 Å². The van der Waals surface area contributed by atoms with Crippen molar-refractivity contribution < 1.29 is 9.90 Å². The summed E-state index contributed by atoms with van der Waals surface area (Å²) in [6.07, 6.45) is 0.551. The Balaban J connectivity index is 2.11. The van der Waals surface area contributed by atoms with E-state index in [2.05, 4.69) is 20.8 Å². The number of benzene rings is 1. The van der Waals surface area contributed by atoms with Crippen molar-refractivity contribution in [2.24, 2.45) is 5.92 Å². The summed E-state index contributed by atoms with van der Waals surface area (Å²) in [5.74, 6) is -0.847. The molecule has 1 aromatic carbocycles. The number of rotatable bonds is 6. The Morgan fingerprint density at radius 2 is 2.16 bits per heavy atom. The molecule has 0 amide bonds. The lowest BCUT2D eigenvalue weighted by Gasteiger charge is -2.11. The zero-order valence-electron chi connectivity index (χ0n) is 10.5. The van der Waals surface area contributed by atoms with Gasteiger partial charge in [-0.15, -0.1) is 0 Å². The number of hydrogen-bond acceptors (Lipinski definition) is 5. The molecule has 0 saturated carbocycles. The van der Waals surface area contributed by atoms with Crippen LogP contribution in [-0.2, 0) is 4.79 Å². The fourth-order valence-corrected chi connectivity index (χ4v) is 1.66. The molecule has 1 atom stereocenters. The molecule has 7 heteroatoms. The summed E-state index contributed by atoms with van der Waals surface area (Å²) in [6.45, 7) is 2.12. The van der Waals surface area contributed by atoms with Crippen LogP contribution in [0.15, 0.2) is 30.3 Å². The van der Waals surface area contributed by atoms with Crippen LogP contribution in [0, 0.1) is 5.92 Å². The molecule has 0 bridgehead atoms. The van der Waals surface area contributed by atoms with Crippen LogP contribution in [0.5, 0.6) is 0 Å². The Kier molecular flexibility index (Phi) is 4.07. The molecule has 19 heavy (non-hydrogen) atoms. The number of anilines is 1. The molecule has 2 aromatic rings. The van der Waals surface area contributed by atoms with Crippen molar-refractivity contribution in [1.29, 1.82) is 0 Å². The Morgan fingerprint density at radius 1 is 1.42 bits per heavy atom. The van der Waals surface area contributed by atoms with Gasteiger partial charge in [0.15, 0.2) is 0 Å². The predicted octanol–water partition coefficient (Wildman–Crippen LogP) is 1.18. The van der Waals surface area contributed by atoms with E-state index in [1.54, 1.807) is 0 Å². The van der Waals surface area contributed by atoms with E-state index >= 15 is 0 Å². The summed E-state index contributed by atoms with van der Waals surface area (Å²) in [5.41, 5.74) is 0.818. The molecule has 0 aliphatic heterocycles. The average molecular weight is 261 g/mol. The summed E-state index contributed by atoms with van der Waals surface area (Å²) in [4.78, 5) is 10.9. The van der Waals surface area contributed by atoms with Crippen LogP contribution in [0.2, 0.25) is 0 Å². The minimum atomic E-state index is -0.825. The molecule has 7 nitrogen and oxygen atoms in total. The monoisotopic (exact) mass is 261 g/mol. The maximum atomic E-state index is 10.9. The van der Waals surface area contributed by atoms with Crippen molar-refractivity contribution in [3.05, 3.63) is 30.3 Å². The predicted molar refractivity (Wildman–Crippen MR) is 69.1 cm³/mol. The first-order chi connectivity index (χ1) is 9.22. The molecule has 0 radical (unpaired) electrons. The molecular formula is C12H15N5O2. The van der Waals surface area contributed by atoms with Crippen molar-refractivity contribution in [2.75, 3.05) is 11.9 Å². The van der Waals surface area contributed by atoms with Gasteiger partial charge in [-0.3, -0.25) is 4.79 Å². The highest BCUT2D eigenvalue weighted by atomic mass is 16.4. The smallest absolute Gasteiger partial charge is 0.308 e. The maximum absolute atomic E-state index is 10.9. The van der Waals surface area contributed by atoms with Gasteiger partial charge in [0.2, 0.25) is 5.95 Å². The van der Waals surface area contributed by atoms with E-state index in [-0.39, 0.29) is 0 Å². The molecule has 0 aliphatic rings. The standard InChI is InChI=1S/C12H15N5O2/c1-2-9(11(18)19)8-13-12-14-15-16-17(12)10-6-4-3-5-7-10/h3-7,9H,2,8H2,1H3,(H,18,19)(H,13,14,16). The van der Waals surface area contributed by atoms with Crippen LogP contribution in [-0.4, -0.2) is 37.8 Å². The number of para-hydroxylation sites is 1. The zero-order valence-corrected chi connectivity index (χ0v) is 10.5. The molecule has 0 fully saturated rings. The van der Waals surface area contributed by atoms with Gasteiger partial charge in [-0.1, -0.05) is 30.2 Å². The molecule has 1 heterocycles. The second-order valence-electron chi connectivity index (χ2n) is 4.07. The lowest BCUT2D eigenvalue weighted by Crippen LogP contribution is -2.23. The van der Waals surface area contributed by atoms with Gasteiger partial charge in [0.05, 0.1) is 11.6 Å². The SMILES string of the molecule is CCC(CNc1nnnn1-c1ccccc1)C(=O)O. The first kappa shape index (κ1) is 13.0. The van der Waals surface area contributed by atoms with Crippen molar-refractivity contribution in [3.8, 4) is 5.69 Å². The summed E-state index contributed by atoms with van der Waals surface area (Å²) in [7, 11) is 0. The highest BCUT2D eigenvalue weighted by molar-refractivity contribution is 5.70. The molecular weight excluding hydrogens is 246 g/mol.